The van der Waals surface area contributed by atoms with Crippen molar-refractivity contribution in [1.82, 2.24) is 10.2 Å². The van der Waals surface area contributed by atoms with Crippen molar-refractivity contribution in [3.63, 3.8) is 0 Å². The molecule has 0 aromatic heterocycles. The Kier molecular flexibility index (Phi) is 2.23. The maximum Gasteiger partial charge on any atom is 0.244 e. The Balaban J connectivity index is 2.61. The van der Waals surface area contributed by atoms with Crippen LogP contribution in [0.1, 0.15) is 13.8 Å². The molecule has 0 aromatic rings. The van der Waals surface area contributed by atoms with Crippen LogP contribution in [0.4, 0.5) is 0 Å². The van der Waals surface area contributed by atoms with E-state index in [1.165, 1.54) is 0 Å². The summed E-state index contributed by atoms with van der Waals surface area (Å²) in [5, 5.41) is 2.93. The molecule has 0 bridgehead atoms. The summed E-state index contributed by atoms with van der Waals surface area (Å²) in [6.07, 6.45) is 3.50. The fourth-order valence-electron chi connectivity index (χ4n) is 0.827. The lowest BCUT2D eigenvalue weighted by molar-refractivity contribution is -0.129. The molecule has 1 heterocycles. The molecule has 0 fully saturated rings. The van der Waals surface area contributed by atoms with E-state index >= 15 is 0 Å². The van der Waals surface area contributed by atoms with Crippen LogP contribution in [0.3, 0.4) is 0 Å². The number of nitrogens with one attached hydrogen (secondary N) is 1. The molecule has 11 heavy (non-hydrogen) atoms. The van der Waals surface area contributed by atoms with Gasteiger partial charge in [0.2, 0.25) is 5.91 Å². The lowest BCUT2D eigenvalue weighted by Gasteiger charge is -2.21. The Morgan fingerprint density at radius 3 is 2.73 bits per heavy atom. The molecule has 0 radical (unpaired) electrons. The first-order valence-electron chi connectivity index (χ1n) is 3.42. The van der Waals surface area contributed by atoms with Crippen LogP contribution in [0.25, 0.3) is 0 Å². The second-order valence-corrected chi connectivity index (χ2v) is 4.91. The molecule has 0 saturated carbocycles. The van der Waals surface area contributed by atoms with Gasteiger partial charge in [-0.2, -0.15) is 0 Å². The van der Waals surface area contributed by atoms with Gasteiger partial charge >= 0.3 is 0 Å². The molecule has 62 valence electrons. The standard InChI is InChI=1S/C7H11BrN2O/c1-7(2,8)6(11)10-4-3-9-5-10/h3-4,9H,5H2,1-2H3. The molecule has 1 rings (SSSR count). The van der Waals surface area contributed by atoms with Crippen LogP contribution < -0.4 is 5.32 Å². The van der Waals surface area contributed by atoms with Crippen molar-refractivity contribution in [2.75, 3.05) is 6.67 Å². The number of nitrogens with zero attached hydrogens (tertiary/aromatic N) is 1. The number of halogens is 1. The van der Waals surface area contributed by atoms with E-state index in [0.717, 1.165) is 0 Å². The molecule has 0 spiro atoms. The quantitative estimate of drug-likeness (QED) is 0.668. The number of hydrogen-bond donors (Lipinski definition) is 1. The number of amides is 1. The molecule has 1 aliphatic rings. The molecular formula is C7H11BrN2O. The summed E-state index contributed by atoms with van der Waals surface area (Å²) >= 11 is 3.30. The smallest absolute Gasteiger partial charge is 0.244 e. The zero-order valence-corrected chi connectivity index (χ0v) is 8.18. The van der Waals surface area contributed by atoms with Crippen LogP contribution in [0.2, 0.25) is 0 Å². The summed E-state index contributed by atoms with van der Waals surface area (Å²) in [4.78, 5) is 13.1. The number of carbonyl (C=O) groups excluding carboxylic acids is 1. The lowest BCUT2D eigenvalue weighted by Crippen LogP contribution is -2.39. The van der Waals surface area contributed by atoms with Crippen LogP contribution in [0, 0.1) is 0 Å². The summed E-state index contributed by atoms with van der Waals surface area (Å²) in [7, 11) is 0. The molecule has 3 nitrogen and oxygen atoms in total. The number of rotatable bonds is 1. The van der Waals surface area contributed by atoms with Crippen molar-refractivity contribution < 1.29 is 4.79 Å². The van der Waals surface area contributed by atoms with E-state index in [9.17, 15) is 4.79 Å². The van der Waals surface area contributed by atoms with Crippen molar-refractivity contribution in [2.24, 2.45) is 0 Å². The van der Waals surface area contributed by atoms with E-state index in [-0.39, 0.29) is 5.91 Å². The molecule has 0 aliphatic carbocycles. The van der Waals surface area contributed by atoms with Gasteiger partial charge in [-0.25, -0.2) is 0 Å². The summed E-state index contributed by atoms with van der Waals surface area (Å²) in [6, 6.07) is 0. The van der Waals surface area contributed by atoms with Gasteiger partial charge in [0, 0.05) is 12.4 Å². The second-order valence-electron chi connectivity index (χ2n) is 2.93. The average Bonchev–Trinajstić information content (AvgIpc) is 2.34. The average molecular weight is 219 g/mol. The van der Waals surface area contributed by atoms with Crippen LogP contribution in [0.5, 0.6) is 0 Å². The van der Waals surface area contributed by atoms with Gasteiger partial charge in [0.1, 0.15) is 0 Å². The second kappa shape index (κ2) is 2.85. The predicted octanol–water partition coefficient (Wildman–Crippen LogP) is 1.02. The Morgan fingerprint density at radius 2 is 2.36 bits per heavy atom. The number of carbonyl (C=O) groups is 1. The van der Waals surface area contributed by atoms with E-state index in [0.29, 0.717) is 6.67 Å². The molecule has 4 heteroatoms. The first kappa shape index (κ1) is 8.59. The Morgan fingerprint density at radius 1 is 1.73 bits per heavy atom. The largest absolute Gasteiger partial charge is 0.372 e. The Hall–Kier alpha value is -0.510. The minimum absolute atomic E-state index is 0.0683. The molecule has 0 unspecified atom stereocenters. The number of alkyl halides is 1. The van der Waals surface area contributed by atoms with E-state index in [2.05, 4.69) is 21.2 Å². The lowest BCUT2D eigenvalue weighted by atomic mass is 10.2. The Bertz CT molecular complexity index is 195. The zero-order chi connectivity index (χ0) is 8.48. The van der Waals surface area contributed by atoms with Crippen molar-refractivity contribution in [3.8, 4) is 0 Å². The van der Waals surface area contributed by atoms with Crippen molar-refractivity contribution in [2.45, 2.75) is 18.2 Å². The summed E-state index contributed by atoms with van der Waals surface area (Å²) in [5.41, 5.74) is 0. The molecule has 0 aromatic carbocycles. The highest BCUT2D eigenvalue weighted by Crippen LogP contribution is 2.19. The molecule has 1 amide bonds. The first-order chi connectivity index (χ1) is 5.02. The maximum absolute atomic E-state index is 11.5. The SMILES string of the molecule is CC(C)(Br)C(=O)N1C=CNC1. The predicted molar refractivity (Wildman–Crippen MR) is 47.0 cm³/mol. The van der Waals surface area contributed by atoms with Crippen LogP contribution in [0.15, 0.2) is 12.4 Å². The van der Waals surface area contributed by atoms with E-state index < -0.39 is 4.32 Å². The van der Waals surface area contributed by atoms with Gasteiger partial charge in [-0.15, -0.1) is 0 Å². The summed E-state index contributed by atoms with van der Waals surface area (Å²) < 4.78 is -0.469. The van der Waals surface area contributed by atoms with Crippen LogP contribution >= 0.6 is 15.9 Å². The summed E-state index contributed by atoms with van der Waals surface area (Å²) in [5.74, 6) is 0.0683. The minimum atomic E-state index is -0.469. The van der Waals surface area contributed by atoms with Gasteiger partial charge in [0.25, 0.3) is 0 Å². The fraction of sp³-hybridized carbons (Fsp3) is 0.571. The van der Waals surface area contributed by atoms with E-state index in [1.807, 2.05) is 13.8 Å². The van der Waals surface area contributed by atoms with Gasteiger partial charge in [0.15, 0.2) is 0 Å². The third-order valence-corrected chi connectivity index (χ3v) is 1.74. The molecule has 1 aliphatic heterocycles. The maximum atomic E-state index is 11.5. The molecular weight excluding hydrogens is 208 g/mol. The van der Waals surface area contributed by atoms with Gasteiger partial charge in [-0.1, -0.05) is 15.9 Å². The van der Waals surface area contributed by atoms with Gasteiger partial charge < -0.3 is 5.32 Å². The van der Waals surface area contributed by atoms with Crippen molar-refractivity contribution in [3.05, 3.63) is 12.4 Å². The molecule has 0 saturated heterocycles. The van der Waals surface area contributed by atoms with Crippen molar-refractivity contribution >= 4 is 21.8 Å². The van der Waals surface area contributed by atoms with Crippen LogP contribution in [-0.4, -0.2) is 21.8 Å². The third-order valence-electron chi connectivity index (χ3n) is 1.40. The topological polar surface area (TPSA) is 32.3 Å². The van der Waals surface area contributed by atoms with E-state index in [1.54, 1.807) is 17.3 Å². The first-order valence-corrected chi connectivity index (χ1v) is 4.21. The highest BCUT2D eigenvalue weighted by Gasteiger charge is 2.28. The van der Waals surface area contributed by atoms with Gasteiger partial charge in [-0.3, -0.25) is 9.69 Å². The van der Waals surface area contributed by atoms with Crippen molar-refractivity contribution in [1.29, 1.82) is 0 Å². The number of hydrogen-bond acceptors (Lipinski definition) is 2. The highest BCUT2D eigenvalue weighted by molar-refractivity contribution is 9.10. The van der Waals surface area contributed by atoms with Crippen LogP contribution in [-0.2, 0) is 4.79 Å². The fourth-order valence-corrected chi connectivity index (χ4v) is 1.06. The zero-order valence-electron chi connectivity index (χ0n) is 6.60. The third kappa shape index (κ3) is 1.96. The minimum Gasteiger partial charge on any atom is -0.372 e. The highest BCUT2D eigenvalue weighted by atomic mass is 79.9. The van der Waals surface area contributed by atoms with Gasteiger partial charge in [0.05, 0.1) is 11.0 Å². The molecule has 0 atom stereocenters. The molecule has 1 N–H and O–H groups in total. The monoisotopic (exact) mass is 218 g/mol. The Labute approximate surface area is 74.6 Å². The summed E-state index contributed by atoms with van der Waals surface area (Å²) in [6.45, 7) is 4.25. The van der Waals surface area contributed by atoms with Gasteiger partial charge in [-0.05, 0) is 13.8 Å². The van der Waals surface area contributed by atoms with E-state index in [4.69, 9.17) is 0 Å². The normalized spacial score (nSPS) is 16.8.